The normalized spacial score (nSPS) is 17.2. The third kappa shape index (κ3) is 3.83. The van der Waals surface area contributed by atoms with Crippen LogP contribution in [0.5, 0.6) is 0 Å². The van der Waals surface area contributed by atoms with E-state index >= 15 is 0 Å². The number of hydrogen-bond acceptors (Lipinski definition) is 2. The summed E-state index contributed by atoms with van der Waals surface area (Å²) in [6, 6.07) is 5.96. The van der Waals surface area contributed by atoms with E-state index in [1.807, 2.05) is 25.1 Å². The first-order valence-corrected chi connectivity index (χ1v) is 7.90. The monoisotopic (exact) mass is 339 g/mol. The number of carbonyl (C=O) groups excluding carboxylic acids is 1. The number of carbonyl (C=O) groups is 1. The van der Waals surface area contributed by atoms with E-state index in [1.165, 1.54) is 0 Å². The van der Waals surface area contributed by atoms with E-state index in [1.54, 1.807) is 11.9 Å². The maximum Gasteiger partial charge on any atom is 0.226 e. The first-order valence-electron chi connectivity index (χ1n) is 7.11. The second-order valence-corrected chi connectivity index (χ2v) is 6.84. The molecule has 1 aromatic rings. The van der Waals surface area contributed by atoms with Crippen molar-refractivity contribution in [2.75, 3.05) is 13.6 Å². The Morgan fingerprint density at radius 1 is 1.40 bits per heavy atom. The van der Waals surface area contributed by atoms with Gasteiger partial charge < -0.3 is 10.0 Å². The second kappa shape index (κ2) is 6.27. The first kappa shape index (κ1) is 15.5. The Kier molecular flexibility index (Phi) is 4.86. The van der Waals surface area contributed by atoms with Gasteiger partial charge in [0.25, 0.3) is 0 Å². The van der Waals surface area contributed by atoms with E-state index < -0.39 is 5.60 Å². The van der Waals surface area contributed by atoms with E-state index in [-0.39, 0.29) is 5.91 Å². The topological polar surface area (TPSA) is 40.5 Å². The molecule has 0 unspecified atom stereocenters. The molecule has 0 bridgehead atoms. The highest BCUT2D eigenvalue weighted by atomic mass is 79.9. The summed E-state index contributed by atoms with van der Waals surface area (Å²) in [5.74, 6) is 0.0655. The van der Waals surface area contributed by atoms with Gasteiger partial charge in [-0.15, -0.1) is 0 Å². The highest BCUT2D eigenvalue weighted by molar-refractivity contribution is 9.10. The smallest absolute Gasteiger partial charge is 0.226 e. The van der Waals surface area contributed by atoms with E-state index in [2.05, 4.69) is 15.9 Å². The number of aryl methyl sites for hydroxylation is 1. The fraction of sp³-hybridized carbons (Fsp3) is 0.562. The Morgan fingerprint density at radius 2 is 2.05 bits per heavy atom. The summed E-state index contributed by atoms with van der Waals surface area (Å²) in [4.78, 5) is 14.0. The highest BCUT2D eigenvalue weighted by Crippen LogP contribution is 2.30. The lowest BCUT2D eigenvalue weighted by molar-refractivity contribution is -0.132. The molecule has 1 saturated carbocycles. The average Bonchev–Trinajstić information content (AvgIpc) is 2.79. The van der Waals surface area contributed by atoms with Gasteiger partial charge in [0.1, 0.15) is 0 Å². The molecule has 1 aliphatic carbocycles. The number of likely N-dealkylation sites (N-methyl/N-ethyl adjacent to an activating group) is 1. The summed E-state index contributed by atoms with van der Waals surface area (Å²) < 4.78 is 1.03. The molecule has 0 atom stereocenters. The molecule has 4 heteroatoms. The van der Waals surface area contributed by atoms with Crippen molar-refractivity contribution < 1.29 is 9.90 Å². The van der Waals surface area contributed by atoms with Gasteiger partial charge in [-0.25, -0.2) is 0 Å². The minimum atomic E-state index is -0.667. The van der Waals surface area contributed by atoms with Crippen LogP contribution in [-0.2, 0) is 11.2 Å². The first-order chi connectivity index (χ1) is 9.39. The Labute approximate surface area is 129 Å². The van der Waals surface area contributed by atoms with Crippen molar-refractivity contribution in [1.82, 2.24) is 4.90 Å². The summed E-state index contributed by atoms with van der Waals surface area (Å²) in [5.41, 5.74) is 1.49. The van der Waals surface area contributed by atoms with Crippen molar-refractivity contribution in [2.45, 2.75) is 44.6 Å². The van der Waals surface area contributed by atoms with Gasteiger partial charge in [0, 0.05) is 18.1 Å². The van der Waals surface area contributed by atoms with E-state index in [9.17, 15) is 9.90 Å². The number of hydrogen-bond donors (Lipinski definition) is 1. The van der Waals surface area contributed by atoms with Gasteiger partial charge in [-0.1, -0.05) is 34.8 Å². The molecule has 2 rings (SSSR count). The summed E-state index contributed by atoms with van der Waals surface area (Å²) in [6.45, 7) is 2.46. The Balaban J connectivity index is 1.97. The van der Waals surface area contributed by atoms with E-state index in [0.29, 0.717) is 13.0 Å². The van der Waals surface area contributed by atoms with E-state index in [0.717, 1.165) is 41.3 Å². The van der Waals surface area contributed by atoms with Crippen LogP contribution in [0.15, 0.2) is 22.7 Å². The maximum absolute atomic E-state index is 12.3. The van der Waals surface area contributed by atoms with Crippen molar-refractivity contribution in [3.05, 3.63) is 33.8 Å². The molecule has 20 heavy (non-hydrogen) atoms. The van der Waals surface area contributed by atoms with Crippen LogP contribution in [0.4, 0.5) is 0 Å². The standard InChI is InChI=1S/C16H22BrNO2/c1-12-9-14(17)6-5-13(12)10-15(19)18(2)11-16(20)7-3-4-8-16/h5-6,9,20H,3-4,7-8,10-11H2,1-2H3. The molecule has 1 fully saturated rings. The van der Waals surface area contributed by atoms with Gasteiger partial charge in [0.05, 0.1) is 12.0 Å². The lowest BCUT2D eigenvalue weighted by atomic mass is 10.0. The molecule has 0 aromatic heterocycles. The zero-order chi connectivity index (χ0) is 14.8. The fourth-order valence-electron chi connectivity index (χ4n) is 2.88. The summed E-state index contributed by atoms with van der Waals surface area (Å²) >= 11 is 3.43. The molecule has 1 amide bonds. The lowest BCUT2D eigenvalue weighted by Crippen LogP contribution is -2.42. The van der Waals surface area contributed by atoms with Gasteiger partial charge in [-0.3, -0.25) is 4.79 Å². The fourth-order valence-corrected chi connectivity index (χ4v) is 3.35. The predicted octanol–water partition coefficient (Wildman–Crippen LogP) is 3.06. The number of benzene rings is 1. The molecule has 0 aliphatic heterocycles. The summed E-state index contributed by atoms with van der Waals surface area (Å²) in [7, 11) is 1.78. The predicted molar refractivity (Wildman–Crippen MR) is 83.6 cm³/mol. The Bertz CT molecular complexity index is 495. The van der Waals surface area contributed by atoms with Gasteiger partial charge in [0.2, 0.25) is 5.91 Å². The maximum atomic E-state index is 12.3. The van der Waals surface area contributed by atoms with Crippen molar-refractivity contribution >= 4 is 21.8 Å². The van der Waals surface area contributed by atoms with Crippen LogP contribution in [0.1, 0.15) is 36.8 Å². The van der Waals surface area contributed by atoms with Crippen molar-refractivity contribution in [3.63, 3.8) is 0 Å². The number of rotatable bonds is 4. The van der Waals surface area contributed by atoms with Crippen LogP contribution >= 0.6 is 15.9 Å². The lowest BCUT2D eigenvalue weighted by Gasteiger charge is -2.28. The highest BCUT2D eigenvalue weighted by Gasteiger charge is 2.33. The zero-order valence-corrected chi connectivity index (χ0v) is 13.7. The number of nitrogens with zero attached hydrogens (tertiary/aromatic N) is 1. The molecule has 0 heterocycles. The number of halogens is 1. The molecular weight excluding hydrogens is 318 g/mol. The largest absolute Gasteiger partial charge is 0.388 e. The molecule has 1 aromatic carbocycles. The van der Waals surface area contributed by atoms with Gasteiger partial charge in [0.15, 0.2) is 0 Å². The molecule has 110 valence electrons. The molecule has 3 nitrogen and oxygen atoms in total. The average molecular weight is 340 g/mol. The summed E-state index contributed by atoms with van der Waals surface area (Å²) in [5, 5.41) is 10.4. The van der Waals surface area contributed by atoms with Crippen molar-refractivity contribution in [2.24, 2.45) is 0 Å². The molecule has 1 N–H and O–H groups in total. The molecule has 0 radical (unpaired) electrons. The second-order valence-electron chi connectivity index (χ2n) is 5.93. The number of amides is 1. The minimum absolute atomic E-state index is 0.0655. The van der Waals surface area contributed by atoms with Crippen molar-refractivity contribution in [1.29, 1.82) is 0 Å². The zero-order valence-electron chi connectivity index (χ0n) is 12.2. The minimum Gasteiger partial charge on any atom is -0.388 e. The third-order valence-corrected chi connectivity index (χ3v) is 4.63. The molecule has 0 spiro atoms. The molecular formula is C16H22BrNO2. The Hall–Kier alpha value is -0.870. The van der Waals surface area contributed by atoms with Crippen molar-refractivity contribution in [3.8, 4) is 0 Å². The van der Waals surface area contributed by atoms with E-state index in [4.69, 9.17) is 0 Å². The third-order valence-electron chi connectivity index (χ3n) is 4.14. The van der Waals surface area contributed by atoms with Crippen LogP contribution in [0, 0.1) is 6.92 Å². The molecule has 1 aliphatic rings. The van der Waals surface area contributed by atoms with Crippen LogP contribution in [0.2, 0.25) is 0 Å². The van der Waals surface area contributed by atoms with Crippen LogP contribution < -0.4 is 0 Å². The van der Waals surface area contributed by atoms with Crippen LogP contribution in [0.25, 0.3) is 0 Å². The van der Waals surface area contributed by atoms with Crippen LogP contribution in [-0.4, -0.2) is 35.1 Å². The number of aliphatic hydroxyl groups is 1. The SMILES string of the molecule is Cc1cc(Br)ccc1CC(=O)N(C)CC1(O)CCCC1. The quantitative estimate of drug-likeness (QED) is 0.915. The summed E-state index contributed by atoms with van der Waals surface area (Å²) in [6.07, 6.45) is 4.13. The Morgan fingerprint density at radius 3 is 2.65 bits per heavy atom. The molecule has 0 saturated heterocycles. The van der Waals surface area contributed by atoms with Gasteiger partial charge >= 0.3 is 0 Å². The van der Waals surface area contributed by atoms with Crippen LogP contribution in [0.3, 0.4) is 0 Å². The van der Waals surface area contributed by atoms with Gasteiger partial charge in [-0.2, -0.15) is 0 Å². The van der Waals surface area contributed by atoms with Gasteiger partial charge in [-0.05, 0) is 43.0 Å².